The molecule has 9 nitrogen and oxygen atoms in total. The molecule has 0 atom stereocenters. The van der Waals surface area contributed by atoms with Crippen LogP contribution in [-0.2, 0) is 6.54 Å². The maximum Gasteiger partial charge on any atom is 0.248 e. The van der Waals surface area contributed by atoms with Gasteiger partial charge < -0.3 is 19.6 Å². The molecule has 1 aliphatic heterocycles. The van der Waals surface area contributed by atoms with Gasteiger partial charge in [0.2, 0.25) is 11.8 Å². The fourth-order valence-electron chi connectivity index (χ4n) is 2.55. The normalized spacial score (nSPS) is 15.7. The molecule has 0 saturated carbocycles. The third-order valence-corrected chi connectivity index (χ3v) is 3.68. The number of piperazine rings is 1. The van der Waals surface area contributed by atoms with E-state index in [2.05, 4.69) is 47.1 Å². The molecule has 0 unspecified atom stereocenters. The summed E-state index contributed by atoms with van der Waals surface area (Å²) in [6.45, 7) is 8.46. The molecule has 2 aromatic heterocycles. The van der Waals surface area contributed by atoms with Crippen molar-refractivity contribution in [2.45, 2.75) is 20.4 Å². The summed E-state index contributed by atoms with van der Waals surface area (Å²) < 4.78 is 5.12. The Kier molecular flexibility index (Phi) is 5.19. The third kappa shape index (κ3) is 3.98. The van der Waals surface area contributed by atoms with E-state index in [1.54, 1.807) is 19.3 Å². The first-order valence-corrected chi connectivity index (χ1v) is 8.10. The molecule has 3 heterocycles. The molecule has 0 aromatic carbocycles. The molecule has 3 rings (SSSR count). The maximum atomic E-state index is 5.12. The Morgan fingerprint density at radius 3 is 2.62 bits per heavy atom. The lowest BCUT2D eigenvalue weighted by Crippen LogP contribution is -2.53. The SMILES string of the molecule is CCNC(=NCc1nc(C)no1)N1CCN(c2ncccn2)CC1. The molecule has 9 heteroatoms. The number of rotatable bonds is 4. The van der Waals surface area contributed by atoms with E-state index in [-0.39, 0.29) is 0 Å². The number of aryl methyl sites for hydroxylation is 1. The average molecular weight is 330 g/mol. The molecule has 2 aromatic rings. The van der Waals surface area contributed by atoms with Crippen LogP contribution in [0.2, 0.25) is 0 Å². The van der Waals surface area contributed by atoms with Crippen molar-refractivity contribution in [3.05, 3.63) is 30.2 Å². The molecular weight excluding hydrogens is 308 g/mol. The van der Waals surface area contributed by atoms with Crippen molar-refractivity contribution in [3.63, 3.8) is 0 Å². The van der Waals surface area contributed by atoms with E-state index >= 15 is 0 Å². The number of hydrogen-bond donors (Lipinski definition) is 1. The van der Waals surface area contributed by atoms with Crippen LogP contribution in [0.5, 0.6) is 0 Å². The minimum atomic E-state index is 0.380. The third-order valence-electron chi connectivity index (χ3n) is 3.68. The van der Waals surface area contributed by atoms with Crippen LogP contribution >= 0.6 is 0 Å². The van der Waals surface area contributed by atoms with Crippen molar-refractivity contribution >= 4 is 11.9 Å². The molecule has 1 N–H and O–H groups in total. The monoisotopic (exact) mass is 330 g/mol. The molecule has 0 bridgehead atoms. The summed E-state index contributed by atoms with van der Waals surface area (Å²) in [4.78, 5) is 21.8. The van der Waals surface area contributed by atoms with Crippen molar-refractivity contribution in [2.75, 3.05) is 37.6 Å². The predicted octanol–water partition coefficient (Wildman–Crippen LogP) is 0.456. The number of nitrogens with one attached hydrogen (secondary N) is 1. The second-order valence-electron chi connectivity index (χ2n) is 5.43. The molecule has 0 amide bonds. The molecule has 1 aliphatic rings. The molecule has 1 saturated heterocycles. The van der Waals surface area contributed by atoms with Gasteiger partial charge in [0.15, 0.2) is 11.8 Å². The first kappa shape index (κ1) is 16.2. The number of nitrogens with zero attached hydrogens (tertiary/aromatic N) is 7. The minimum Gasteiger partial charge on any atom is -0.357 e. The van der Waals surface area contributed by atoms with Gasteiger partial charge in [-0.3, -0.25) is 0 Å². The van der Waals surface area contributed by atoms with E-state index in [1.165, 1.54) is 0 Å². The topological polar surface area (TPSA) is 95.6 Å². The zero-order valence-corrected chi connectivity index (χ0v) is 14.0. The molecule has 128 valence electrons. The lowest BCUT2D eigenvalue weighted by molar-refractivity contribution is 0.362. The highest BCUT2D eigenvalue weighted by Crippen LogP contribution is 2.10. The fourth-order valence-corrected chi connectivity index (χ4v) is 2.55. The lowest BCUT2D eigenvalue weighted by Gasteiger charge is -2.36. The molecular formula is C15H22N8O. The van der Waals surface area contributed by atoms with E-state index in [1.807, 2.05) is 6.07 Å². The number of aromatic nitrogens is 4. The maximum absolute atomic E-state index is 5.12. The summed E-state index contributed by atoms with van der Waals surface area (Å²) in [6.07, 6.45) is 3.54. The molecule has 0 radical (unpaired) electrons. The number of anilines is 1. The first-order chi connectivity index (χ1) is 11.8. The van der Waals surface area contributed by atoms with Crippen LogP contribution in [-0.4, -0.2) is 63.7 Å². The highest BCUT2D eigenvalue weighted by Gasteiger charge is 2.21. The van der Waals surface area contributed by atoms with Crippen LogP contribution in [0.25, 0.3) is 0 Å². The van der Waals surface area contributed by atoms with E-state index in [0.29, 0.717) is 18.3 Å². The second kappa shape index (κ2) is 7.71. The zero-order chi connectivity index (χ0) is 16.8. The van der Waals surface area contributed by atoms with Crippen molar-refractivity contribution in [2.24, 2.45) is 4.99 Å². The molecule has 0 spiro atoms. The standard InChI is InChI=1S/C15H22N8O/c1-3-16-14(19-11-13-20-12(2)21-24-13)22-7-9-23(10-8-22)15-17-5-4-6-18-15/h4-6H,3,7-11H2,1-2H3,(H,16,19). The van der Waals surface area contributed by atoms with Crippen LogP contribution in [0.1, 0.15) is 18.6 Å². The number of aliphatic imine (C=N–C) groups is 1. The summed E-state index contributed by atoms with van der Waals surface area (Å²) in [5.41, 5.74) is 0. The van der Waals surface area contributed by atoms with Crippen LogP contribution in [0, 0.1) is 6.92 Å². The summed E-state index contributed by atoms with van der Waals surface area (Å²) in [5, 5.41) is 7.11. The summed E-state index contributed by atoms with van der Waals surface area (Å²) in [6, 6.07) is 1.83. The Bertz CT molecular complexity index is 663. The van der Waals surface area contributed by atoms with Gasteiger partial charge in [-0.05, 0) is 19.9 Å². The van der Waals surface area contributed by atoms with Gasteiger partial charge in [-0.2, -0.15) is 4.98 Å². The number of guanidine groups is 1. The summed E-state index contributed by atoms with van der Waals surface area (Å²) in [5.74, 6) is 2.79. The predicted molar refractivity (Wildman–Crippen MR) is 89.7 cm³/mol. The van der Waals surface area contributed by atoms with Gasteiger partial charge >= 0.3 is 0 Å². The second-order valence-corrected chi connectivity index (χ2v) is 5.43. The molecule has 0 aliphatic carbocycles. The Morgan fingerprint density at radius 2 is 2.00 bits per heavy atom. The zero-order valence-electron chi connectivity index (χ0n) is 14.0. The van der Waals surface area contributed by atoms with Crippen molar-refractivity contribution < 1.29 is 4.52 Å². The Hall–Kier alpha value is -2.71. The van der Waals surface area contributed by atoms with Gasteiger partial charge in [-0.1, -0.05) is 5.16 Å². The van der Waals surface area contributed by atoms with Gasteiger partial charge in [0, 0.05) is 45.1 Å². The van der Waals surface area contributed by atoms with Crippen molar-refractivity contribution in [3.8, 4) is 0 Å². The van der Waals surface area contributed by atoms with Crippen LogP contribution < -0.4 is 10.2 Å². The van der Waals surface area contributed by atoms with Gasteiger partial charge in [0.05, 0.1) is 0 Å². The Morgan fingerprint density at radius 1 is 1.25 bits per heavy atom. The molecule has 1 fully saturated rings. The van der Waals surface area contributed by atoms with E-state index in [4.69, 9.17) is 4.52 Å². The highest BCUT2D eigenvalue weighted by atomic mass is 16.5. The lowest BCUT2D eigenvalue weighted by atomic mass is 10.3. The van der Waals surface area contributed by atoms with Gasteiger partial charge in [0.25, 0.3) is 0 Å². The van der Waals surface area contributed by atoms with E-state index in [0.717, 1.165) is 44.6 Å². The first-order valence-electron chi connectivity index (χ1n) is 8.10. The summed E-state index contributed by atoms with van der Waals surface area (Å²) >= 11 is 0. The largest absolute Gasteiger partial charge is 0.357 e. The van der Waals surface area contributed by atoms with E-state index in [9.17, 15) is 0 Å². The average Bonchev–Trinajstić information content (AvgIpc) is 3.05. The smallest absolute Gasteiger partial charge is 0.248 e. The van der Waals surface area contributed by atoms with E-state index < -0.39 is 0 Å². The Balaban J connectivity index is 1.61. The summed E-state index contributed by atoms with van der Waals surface area (Å²) in [7, 11) is 0. The van der Waals surface area contributed by atoms with Gasteiger partial charge in [0.1, 0.15) is 6.54 Å². The van der Waals surface area contributed by atoms with Gasteiger partial charge in [-0.25, -0.2) is 15.0 Å². The Labute approximate surface area is 140 Å². The van der Waals surface area contributed by atoms with Gasteiger partial charge in [-0.15, -0.1) is 0 Å². The quantitative estimate of drug-likeness (QED) is 0.638. The number of hydrogen-bond acceptors (Lipinski definition) is 7. The molecule has 24 heavy (non-hydrogen) atoms. The van der Waals surface area contributed by atoms with Crippen LogP contribution in [0.3, 0.4) is 0 Å². The van der Waals surface area contributed by atoms with Crippen molar-refractivity contribution in [1.82, 2.24) is 30.3 Å². The minimum absolute atomic E-state index is 0.380. The fraction of sp³-hybridized carbons (Fsp3) is 0.533. The van der Waals surface area contributed by atoms with Crippen LogP contribution in [0.4, 0.5) is 5.95 Å². The van der Waals surface area contributed by atoms with Crippen molar-refractivity contribution in [1.29, 1.82) is 0 Å². The highest BCUT2D eigenvalue weighted by molar-refractivity contribution is 5.80. The van der Waals surface area contributed by atoms with Crippen LogP contribution in [0.15, 0.2) is 28.0 Å².